The maximum atomic E-state index is 5.77. The van der Waals surface area contributed by atoms with Gasteiger partial charge >= 0.3 is 0 Å². The first-order valence-corrected chi connectivity index (χ1v) is 7.03. The van der Waals surface area contributed by atoms with Gasteiger partial charge in [-0.1, -0.05) is 0 Å². The third-order valence-electron chi connectivity index (χ3n) is 3.85. The van der Waals surface area contributed by atoms with Gasteiger partial charge in [0.05, 0.1) is 6.61 Å². The minimum Gasteiger partial charge on any atom is -0.493 e. The number of hydrogen-bond donors (Lipinski definition) is 1. The van der Waals surface area contributed by atoms with E-state index in [9.17, 15) is 0 Å². The van der Waals surface area contributed by atoms with E-state index in [0.717, 1.165) is 37.9 Å². The number of anilines is 1. The van der Waals surface area contributed by atoms with Gasteiger partial charge in [-0.05, 0) is 49.9 Å². The molecule has 1 saturated heterocycles. The molecule has 0 bridgehead atoms. The first kappa shape index (κ1) is 11.8. The number of nitrogens with one attached hydrogen (secondary N) is 1. The Morgan fingerprint density at radius 2 is 2.06 bits per heavy atom. The molecule has 3 heteroatoms. The molecule has 0 aromatic heterocycles. The molecule has 0 amide bonds. The van der Waals surface area contributed by atoms with Crippen molar-refractivity contribution in [2.45, 2.75) is 25.8 Å². The fourth-order valence-electron chi connectivity index (χ4n) is 2.46. The van der Waals surface area contributed by atoms with E-state index in [-0.39, 0.29) is 0 Å². The summed E-state index contributed by atoms with van der Waals surface area (Å²) in [5, 5.41) is 3.42. The second kappa shape index (κ2) is 5.19. The third-order valence-corrected chi connectivity index (χ3v) is 3.85. The summed E-state index contributed by atoms with van der Waals surface area (Å²) >= 11 is 0. The van der Waals surface area contributed by atoms with Crippen LogP contribution in [-0.2, 0) is 0 Å². The van der Waals surface area contributed by atoms with E-state index in [1.165, 1.54) is 18.5 Å². The van der Waals surface area contributed by atoms with Gasteiger partial charge in [0.1, 0.15) is 5.75 Å². The van der Waals surface area contributed by atoms with Gasteiger partial charge in [0.25, 0.3) is 0 Å². The zero-order chi connectivity index (χ0) is 12.4. The van der Waals surface area contributed by atoms with Crippen molar-refractivity contribution in [2.24, 2.45) is 5.92 Å². The second-order valence-electron chi connectivity index (χ2n) is 5.49. The molecule has 1 atom stereocenters. The quantitative estimate of drug-likeness (QED) is 0.882. The number of hydrogen-bond acceptors (Lipinski definition) is 3. The predicted molar refractivity (Wildman–Crippen MR) is 74.3 cm³/mol. The molecule has 3 nitrogen and oxygen atoms in total. The van der Waals surface area contributed by atoms with E-state index in [2.05, 4.69) is 41.4 Å². The summed E-state index contributed by atoms with van der Waals surface area (Å²) < 4.78 is 5.77. The van der Waals surface area contributed by atoms with E-state index in [4.69, 9.17) is 4.74 Å². The molecule has 1 aromatic carbocycles. The Morgan fingerprint density at radius 3 is 2.72 bits per heavy atom. The summed E-state index contributed by atoms with van der Waals surface area (Å²) in [4.78, 5) is 2.46. The average Bonchev–Trinajstić information content (AvgIpc) is 3.22. The van der Waals surface area contributed by atoms with E-state index in [1.54, 1.807) is 0 Å². The van der Waals surface area contributed by atoms with Gasteiger partial charge in [0, 0.05) is 31.4 Å². The summed E-state index contributed by atoms with van der Waals surface area (Å²) in [6.07, 6.45) is 2.69. The van der Waals surface area contributed by atoms with Crippen LogP contribution in [0.1, 0.15) is 19.8 Å². The van der Waals surface area contributed by atoms with Crippen LogP contribution in [0, 0.1) is 5.92 Å². The van der Waals surface area contributed by atoms with E-state index in [1.807, 2.05) is 0 Å². The number of rotatable bonds is 4. The normalized spacial score (nSPS) is 24.1. The second-order valence-corrected chi connectivity index (χ2v) is 5.49. The summed E-state index contributed by atoms with van der Waals surface area (Å²) in [6, 6.07) is 9.14. The molecule has 2 fully saturated rings. The lowest BCUT2D eigenvalue weighted by Crippen LogP contribution is -2.49. The van der Waals surface area contributed by atoms with Crippen LogP contribution in [0.3, 0.4) is 0 Å². The Bertz CT molecular complexity index is 386. The van der Waals surface area contributed by atoms with Crippen LogP contribution in [0.4, 0.5) is 5.69 Å². The van der Waals surface area contributed by atoms with Gasteiger partial charge in [-0.25, -0.2) is 0 Å². The highest BCUT2D eigenvalue weighted by Crippen LogP contribution is 2.30. The van der Waals surface area contributed by atoms with Gasteiger partial charge in [0.2, 0.25) is 0 Å². The van der Waals surface area contributed by atoms with Gasteiger partial charge in [-0.15, -0.1) is 0 Å². The molecule has 98 valence electrons. The Morgan fingerprint density at radius 1 is 1.28 bits per heavy atom. The van der Waals surface area contributed by atoms with Crippen LogP contribution in [0.15, 0.2) is 24.3 Å². The van der Waals surface area contributed by atoms with Gasteiger partial charge in [-0.3, -0.25) is 0 Å². The highest BCUT2D eigenvalue weighted by molar-refractivity contribution is 5.50. The Kier molecular flexibility index (Phi) is 3.41. The SMILES string of the molecule is CC1CNCCN1c1ccc(OCC2CC2)cc1. The molecular formula is C15H22N2O. The molecule has 2 aliphatic rings. The molecule has 1 saturated carbocycles. The Labute approximate surface area is 109 Å². The Balaban J connectivity index is 1.61. The van der Waals surface area contributed by atoms with Crippen LogP contribution in [0.2, 0.25) is 0 Å². The van der Waals surface area contributed by atoms with Crippen LogP contribution in [0.25, 0.3) is 0 Å². The smallest absolute Gasteiger partial charge is 0.119 e. The third kappa shape index (κ3) is 2.78. The number of benzene rings is 1. The van der Waals surface area contributed by atoms with E-state index < -0.39 is 0 Å². The number of nitrogens with zero attached hydrogens (tertiary/aromatic N) is 1. The molecule has 1 aromatic rings. The first-order valence-electron chi connectivity index (χ1n) is 7.03. The van der Waals surface area contributed by atoms with Crippen molar-refractivity contribution in [2.75, 3.05) is 31.1 Å². The predicted octanol–water partition coefficient (Wildman–Crippen LogP) is 2.27. The molecule has 18 heavy (non-hydrogen) atoms. The fraction of sp³-hybridized carbons (Fsp3) is 0.600. The van der Waals surface area contributed by atoms with E-state index >= 15 is 0 Å². The molecule has 1 heterocycles. The van der Waals surface area contributed by atoms with Crippen molar-refractivity contribution in [3.8, 4) is 5.75 Å². The Hall–Kier alpha value is -1.22. The minimum atomic E-state index is 0.567. The zero-order valence-electron chi connectivity index (χ0n) is 11.1. The standard InChI is InChI=1S/C15H22N2O/c1-12-10-16-8-9-17(12)14-4-6-15(7-5-14)18-11-13-2-3-13/h4-7,12-13,16H,2-3,8-11H2,1H3. The maximum absolute atomic E-state index is 5.77. The van der Waals surface area contributed by atoms with Gasteiger partial charge in [0.15, 0.2) is 0 Å². The number of ether oxygens (including phenoxy) is 1. The average molecular weight is 246 g/mol. The fourth-order valence-corrected chi connectivity index (χ4v) is 2.46. The topological polar surface area (TPSA) is 24.5 Å². The van der Waals surface area contributed by atoms with Gasteiger partial charge in [-0.2, -0.15) is 0 Å². The molecular weight excluding hydrogens is 224 g/mol. The van der Waals surface area contributed by atoms with Crippen LogP contribution in [-0.4, -0.2) is 32.3 Å². The zero-order valence-corrected chi connectivity index (χ0v) is 11.1. The van der Waals surface area contributed by atoms with Crippen molar-refractivity contribution in [1.82, 2.24) is 5.32 Å². The molecule has 3 rings (SSSR count). The number of piperazine rings is 1. The highest BCUT2D eigenvalue weighted by Gasteiger charge is 2.22. The maximum Gasteiger partial charge on any atom is 0.119 e. The lowest BCUT2D eigenvalue weighted by molar-refractivity contribution is 0.300. The van der Waals surface area contributed by atoms with Crippen LogP contribution >= 0.6 is 0 Å². The first-order chi connectivity index (χ1) is 8.83. The molecule has 1 aliphatic carbocycles. The minimum absolute atomic E-state index is 0.567. The summed E-state index contributed by atoms with van der Waals surface area (Å²) in [5.41, 5.74) is 1.31. The monoisotopic (exact) mass is 246 g/mol. The largest absolute Gasteiger partial charge is 0.493 e. The summed E-state index contributed by atoms with van der Waals surface area (Å²) in [7, 11) is 0. The molecule has 1 unspecified atom stereocenters. The lowest BCUT2D eigenvalue weighted by Gasteiger charge is -2.35. The van der Waals surface area contributed by atoms with Crippen molar-refractivity contribution >= 4 is 5.69 Å². The highest BCUT2D eigenvalue weighted by atomic mass is 16.5. The van der Waals surface area contributed by atoms with Crippen LogP contribution in [0.5, 0.6) is 5.75 Å². The molecule has 1 aliphatic heterocycles. The van der Waals surface area contributed by atoms with Crippen molar-refractivity contribution < 1.29 is 4.74 Å². The van der Waals surface area contributed by atoms with Crippen molar-refractivity contribution in [3.63, 3.8) is 0 Å². The summed E-state index contributed by atoms with van der Waals surface area (Å²) in [5.74, 6) is 1.83. The van der Waals surface area contributed by atoms with Crippen LogP contribution < -0.4 is 15.0 Å². The molecule has 0 radical (unpaired) electrons. The van der Waals surface area contributed by atoms with Crippen molar-refractivity contribution in [3.05, 3.63) is 24.3 Å². The molecule has 1 N–H and O–H groups in total. The lowest BCUT2D eigenvalue weighted by atomic mass is 10.2. The van der Waals surface area contributed by atoms with Crippen molar-refractivity contribution in [1.29, 1.82) is 0 Å². The molecule has 0 spiro atoms. The summed E-state index contributed by atoms with van der Waals surface area (Å²) in [6.45, 7) is 6.39. The van der Waals surface area contributed by atoms with E-state index in [0.29, 0.717) is 6.04 Å². The van der Waals surface area contributed by atoms with Gasteiger partial charge < -0.3 is 15.0 Å².